The van der Waals surface area contributed by atoms with E-state index in [0.29, 0.717) is 24.3 Å². The van der Waals surface area contributed by atoms with E-state index < -0.39 is 5.66 Å². The first-order valence-electron chi connectivity index (χ1n) is 9.43. The summed E-state index contributed by atoms with van der Waals surface area (Å²) in [7, 11) is 0. The van der Waals surface area contributed by atoms with E-state index >= 15 is 0 Å². The molecule has 2 heterocycles. The Morgan fingerprint density at radius 2 is 1.59 bits per heavy atom. The molecule has 0 aliphatic carbocycles. The fourth-order valence-electron chi connectivity index (χ4n) is 4.44. The quantitative estimate of drug-likeness (QED) is 0.722. The van der Waals surface area contributed by atoms with Gasteiger partial charge >= 0.3 is 6.03 Å². The van der Waals surface area contributed by atoms with Crippen molar-refractivity contribution in [1.82, 2.24) is 9.80 Å². The normalized spacial score (nSPS) is 19.8. The van der Waals surface area contributed by atoms with Crippen LogP contribution in [0, 0.1) is 5.82 Å². The number of halogens is 1. The summed E-state index contributed by atoms with van der Waals surface area (Å²) >= 11 is 0. The van der Waals surface area contributed by atoms with Gasteiger partial charge < -0.3 is 10.2 Å². The van der Waals surface area contributed by atoms with E-state index in [1.54, 1.807) is 15.9 Å². The van der Waals surface area contributed by atoms with E-state index in [1.807, 2.05) is 48.5 Å². The number of anilines is 1. The molecule has 144 valence electrons. The Hall–Kier alpha value is -3.67. The van der Waals surface area contributed by atoms with Crippen LogP contribution in [-0.4, -0.2) is 34.8 Å². The van der Waals surface area contributed by atoms with Crippen molar-refractivity contribution < 1.29 is 14.0 Å². The molecule has 0 saturated carbocycles. The van der Waals surface area contributed by atoms with Gasteiger partial charge in [-0.2, -0.15) is 0 Å². The van der Waals surface area contributed by atoms with Gasteiger partial charge in [-0.25, -0.2) is 9.18 Å². The maximum Gasteiger partial charge on any atom is 0.324 e. The summed E-state index contributed by atoms with van der Waals surface area (Å²) in [5.74, 6) is -0.451. The standard InChI is InChI=1S/C23H18FN3O2/c24-17-10-12-18(13-11-17)25-22(29)27-15-14-26-21(28)19-8-4-5-9-20(19)23(26,27)16-6-2-1-3-7-16/h1-13H,14-15H2,(H,25,29)/t23-/m0/s1. The predicted octanol–water partition coefficient (Wildman–Crippen LogP) is 4.03. The van der Waals surface area contributed by atoms with Crippen molar-refractivity contribution in [2.45, 2.75) is 5.66 Å². The van der Waals surface area contributed by atoms with Crippen molar-refractivity contribution in [3.8, 4) is 0 Å². The maximum absolute atomic E-state index is 13.3. The Morgan fingerprint density at radius 3 is 2.34 bits per heavy atom. The van der Waals surface area contributed by atoms with Gasteiger partial charge in [-0.05, 0) is 30.3 Å². The number of benzene rings is 3. The lowest BCUT2D eigenvalue weighted by Crippen LogP contribution is -2.52. The SMILES string of the molecule is O=C(Nc1ccc(F)cc1)N1CCN2C(=O)c3ccccc3[C@]12c1ccccc1. The molecule has 6 heteroatoms. The average molecular weight is 387 g/mol. The van der Waals surface area contributed by atoms with Crippen LogP contribution in [0.2, 0.25) is 0 Å². The van der Waals surface area contributed by atoms with Gasteiger partial charge in [0.15, 0.2) is 5.66 Å². The lowest BCUT2D eigenvalue weighted by molar-refractivity contribution is 0.0560. The van der Waals surface area contributed by atoms with E-state index in [0.717, 1.165) is 11.1 Å². The van der Waals surface area contributed by atoms with E-state index in [1.165, 1.54) is 24.3 Å². The third-order valence-corrected chi connectivity index (χ3v) is 5.62. The van der Waals surface area contributed by atoms with E-state index in [4.69, 9.17) is 0 Å². The molecule has 5 rings (SSSR count). The molecular weight excluding hydrogens is 369 g/mol. The van der Waals surface area contributed by atoms with Crippen LogP contribution in [0.25, 0.3) is 0 Å². The topological polar surface area (TPSA) is 52.7 Å². The Bertz CT molecular complexity index is 1100. The number of hydrogen-bond acceptors (Lipinski definition) is 2. The molecule has 3 amide bonds. The zero-order valence-electron chi connectivity index (χ0n) is 15.5. The third kappa shape index (κ3) is 2.45. The van der Waals surface area contributed by atoms with Crippen molar-refractivity contribution in [3.05, 3.63) is 101 Å². The minimum Gasteiger partial charge on any atom is -0.308 e. The fourth-order valence-corrected chi connectivity index (χ4v) is 4.44. The molecule has 3 aromatic carbocycles. The van der Waals surface area contributed by atoms with Crippen LogP contribution < -0.4 is 5.32 Å². The molecule has 0 bridgehead atoms. The number of urea groups is 1. The van der Waals surface area contributed by atoms with Crippen LogP contribution in [0.1, 0.15) is 21.5 Å². The number of carbonyl (C=O) groups is 2. The van der Waals surface area contributed by atoms with Crippen molar-refractivity contribution in [2.24, 2.45) is 0 Å². The van der Waals surface area contributed by atoms with Gasteiger partial charge in [0.25, 0.3) is 5.91 Å². The molecule has 1 N–H and O–H groups in total. The van der Waals surface area contributed by atoms with Crippen molar-refractivity contribution >= 4 is 17.6 Å². The zero-order valence-corrected chi connectivity index (χ0v) is 15.5. The molecule has 5 nitrogen and oxygen atoms in total. The molecule has 3 aromatic rings. The monoisotopic (exact) mass is 387 g/mol. The first-order valence-corrected chi connectivity index (χ1v) is 9.43. The summed E-state index contributed by atoms with van der Waals surface area (Å²) in [5, 5.41) is 2.85. The second-order valence-electron chi connectivity index (χ2n) is 7.13. The average Bonchev–Trinajstić information content (AvgIpc) is 3.27. The van der Waals surface area contributed by atoms with Gasteiger partial charge in [-0.15, -0.1) is 0 Å². The smallest absolute Gasteiger partial charge is 0.308 e. The van der Waals surface area contributed by atoms with E-state index in [2.05, 4.69) is 5.32 Å². The summed E-state index contributed by atoms with van der Waals surface area (Å²) in [5.41, 5.74) is 1.75. The molecule has 2 aliphatic heterocycles. The number of nitrogens with one attached hydrogen (secondary N) is 1. The van der Waals surface area contributed by atoms with Crippen LogP contribution in [0.5, 0.6) is 0 Å². The number of hydrogen-bond donors (Lipinski definition) is 1. The van der Waals surface area contributed by atoms with Crippen LogP contribution >= 0.6 is 0 Å². The molecule has 0 spiro atoms. The second-order valence-corrected chi connectivity index (χ2v) is 7.13. The van der Waals surface area contributed by atoms with Crippen LogP contribution in [0.3, 0.4) is 0 Å². The van der Waals surface area contributed by atoms with Crippen LogP contribution in [0.4, 0.5) is 14.9 Å². The Kier molecular flexibility index (Phi) is 3.87. The largest absolute Gasteiger partial charge is 0.324 e. The molecule has 0 unspecified atom stereocenters. The van der Waals surface area contributed by atoms with Gasteiger partial charge in [0.1, 0.15) is 5.82 Å². The number of amides is 3. The summed E-state index contributed by atoms with van der Waals surface area (Å²) < 4.78 is 13.2. The highest BCUT2D eigenvalue weighted by molar-refractivity contribution is 6.02. The van der Waals surface area contributed by atoms with Crippen molar-refractivity contribution in [3.63, 3.8) is 0 Å². The number of carbonyl (C=O) groups excluding carboxylic acids is 2. The van der Waals surface area contributed by atoms with Crippen LogP contribution in [0.15, 0.2) is 78.9 Å². The van der Waals surface area contributed by atoms with Gasteiger partial charge in [-0.1, -0.05) is 48.5 Å². The molecule has 29 heavy (non-hydrogen) atoms. The Labute approximate surface area is 167 Å². The van der Waals surface area contributed by atoms with Gasteiger partial charge in [0.05, 0.1) is 0 Å². The summed E-state index contributed by atoms with van der Waals surface area (Å²) in [6, 6.07) is 22.3. The van der Waals surface area contributed by atoms with E-state index in [9.17, 15) is 14.0 Å². The maximum atomic E-state index is 13.3. The minimum absolute atomic E-state index is 0.0819. The summed E-state index contributed by atoms with van der Waals surface area (Å²) in [6.45, 7) is 0.821. The highest BCUT2D eigenvalue weighted by Crippen LogP contribution is 2.49. The number of nitrogens with zero attached hydrogens (tertiary/aromatic N) is 2. The lowest BCUT2D eigenvalue weighted by atomic mass is 9.90. The van der Waals surface area contributed by atoms with Crippen molar-refractivity contribution in [1.29, 1.82) is 0 Å². The molecule has 1 fully saturated rings. The molecule has 1 atom stereocenters. The first-order chi connectivity index (χ1) is 14.1. The van der Waals surface area contributed by atoms with Crippen LogP contribution in [-0.2, 0) is 5.66 Å². The number of fused-ring (bicyclic) bond motifs is 3. The zero-order chi connectivity index (χ0) is 20.0. The second kappa shape index (κ2) is 6.44. The summed E-state index contributed by atoms with van der Waals surface area (Å²) in [6.07, 6.45) is 0. The molecule has 0 radical (unpaired) electrons. The fraction of sp³-hybridized carbons (Fsp3) is 0.130. The van der Waals surface area contributed by atoms with E-state index in [-0.39, 0.29) is 17.8 Å². The molecule has 1 saturated heterocycles. The minimum atomic E-state index is -1.00. The summed E-state index contributed by atoms with van der Waals surface area (Å²) in [4.78, 5) is 29.9. The van der Waals surface area contributed by atoms with Gasteiger partial charge in [0, 0.05) is 35.5 Å². The molecule has 2 aliphatic rings. The van der Waals surface area contributed by atoms with Gasteiger partial charge in [0.2, 0.25) is 0 Å². The lowest BCUT2D eigenvalue weighted by Gasteiger charge is -2.40. The third-order valence-electron chi connectivity index (χ3n) is 5.62. The predicted molar refractivity (Wildman–Crippen MR) is 107 cm³/mol. The van der Waals surface area contributed by atoms with Gasteiger partial charge in [-0.3, -0.25) is 9.69 Å². The highest BCUT2D eigenvalue weighted by Gasteiger charge is 2.59. The Balaban J connectivity index is 1.64. The highest BCUT2D eigenvalue weighted by atomic mass is 19.1. The first kappa shape index (κ1) is 17.4. The number of rotatable bonds is 2. The Morgan fingerprint density at radius 1 is 0.897 bits per heavy atom. The van der Waals surface area contributed by atoms with Crippen molar-refractivity contribution in [2.75, 3.05) is 18.4 Å². The molecular formula is C23H18FN3O2. The molecule has 0 aromatic heterocycles.